The van der Waals surface area contributed by atoms with E-state index < -0.39 is 0 Å². The molecule has 0 N–H and O–H groups in total. The molecule has 1 rings (SSSR count). The molecule has 0 aromatic carbocycles. The van der Waals surface area contributed by atoms with Gasteiger partial charge in [-0.25, -0.2) is 0 Å². The molecule has 0 bridgehead atoms. The highest BCUT2D eigenvalue weighted by molar-refractivity contribution is 5.58. The zero-order valence-electron chi connectivity index (χ0n) is 11.4. The molecule has 98 valence electrons. The van der Waals surface area contributed by atoms with E-state index in [1.54, 1.807) is 0 Å². The summed E-state index contributed by atoms with van der Waals surface area (Å²) >= 11 is 0. The molecular formula is C13H24N2O2. The van der Waals surface area contributed by atoms with E-state index in [1.165, 1.54) is 0 Å². The molecule has 0 saturated carbocycles. The van der Waals surface area contributed by atoms with Crippen LogP contribution in [0.5, 0.6) is 0 Å². The Bertz CT molecular complexity index is 259. The summed E-state index contributed by atoms with van der Waals surface area (Å²) < 4.78 is 0. The molecule has 1 aliphatic rings. The second kappa shape index (κ2) is 5.27. The van der Waals surface area contributed by atoms with Crippen molar-refractivity contribution in [3.8, 4) is 0 Å². The van der Waals surface area contributed by atoms with E-state index in [-0.39, 0.29) is 10.8 Å². The van der Waals surface area contributed by atoms with Crippen LogP contribution in [0.4, 0.5) is 0 Å². The van der Waals surface area contributed by atoms with Crippen molar-refractivity contribution in [2.45, 2.75) is 27.7 Å². The lowest BCUT2D eigenvalue weighted by Gasteiger charge is -2.27. The van der Waals surface area contributed by atoms with Crippen LogP contribution >= 0.6 is 0 Å². The Hall–Kier alpha value is -0.740. The Morgan fingerprint density at radius 1 is 0.882 bits per heavy atom. The van der Waals surface area contributed by atoms with Crippen LogP contribution in [0.2, 0.25) is 0 Å². The SMILES string of the molecule is CC(C)(C=O)CN1CCN(CC(C)(C)C=O)C1. The maximum Gasteiger partial charge on any atom is 0.126 e. The van der Waals surface area contributed by atoms with Crippen molar-refractivity contribution >= 4 is 12.6 Å². The van der Waals surface area contributed by atoms with Gasteiger partial charge in [-0.05, 0) is 0 Å². The maximum absolute atomic E-state index is 10.9. The van der Waals surface area contributed by atoms with Crippen molar-refractivity contribution < 1.29 is 9.59 Å². The fourth-order valence-electron chi connectivity index (χ4n) is 2.19. The molecule has 0 spiro atoms. The highest BCUT2D eigenvalue weighted by Crippen LogP contribution is 2.19. The fourth-order valence-corrected chi connectivity index (χ4v) is 2.19. The summed E-state index contributed by atoms with van der Waals surface area (Å²) in [4.78, 5) is 26.3. The Balaban J connectivity index is 2.43. The van der Waals surface area contributed by atoms with E-state index in [0.717, 1.165) is 45.4 Å². The molecule has 17 heavy (non-hydrogen) atoms. The number of hydrogen-bond acceptors (Lipinski definition) is 4. The fraction of sp³-hybridized carbons (Fsp3) is 0.846. The zero-order chi connectivity index (χ0) is 13.1. The van der Waals surface area contributed by atoms with E-state index in [2.05, 4.69) is 9.80 Å². The maximum atomic E-state index is 10.9. The van der Waals surface area contributed by atoms with Crippen LogP contribution in [0.1, 0.15) is 27.7 Å². The van der Waals surface area contributed by atoms with Gasteiger partial charge in [0, 0.05) is 37.0 Å². The molecule has 4 nitrogen and oxygen atoms in total. The number of hydrogen-bond donors (Lipinski definition) is 0. The van der Waals surface area contributed by atoms with Gasteiger partial charge >= 0.3 is 0 Å². The largest absolute Gasteiger partial charge is 0.303 e. The van der Waals surface area contributed by atoms with Crippen LogP contribution in [-0.2, 0) is 9.59 Å². The Morgan fingerprint density at radius 3 is 1.53 bits per heavy atom. The molecular weight excluding hydrogens is 216 g/mol. The lowest BCUT2D eigenvalue weighted by atomic mass is 9.95. The zero-order valence-corrected chi connectivity index (χ0v) is 11.4. The molecule has 4 heteroatoms. The van der Waals surface area contributed by atoms with Crippen molar-refractivity contribution in [2.24, 2.45) is 10.8 Å². The van der Waals surface area contributed by atoms with Crippen LogP contribution in [0, 0.1) is 10.8 Å². The Morgan fingerprint density at radius 2 is 1.24 bits per heavy atom. The minimum atomic E-state index is -0.282. The third kappa shape index (κ3) is 4.56. The normalized spacial score (nSPS) is 19.5. The molecule has 1 aliphatic heterocycles. The summed E-state index contributed by atoms with van der Waals surface area (Å²) in [6, 6.07) is 0. The molecule has 0 atom stereocenters. The molecule has 0 radical (unpaired) electrons. The summed E-state index contributed by atoms with van der Waals surface area (Å²) in [5, 5.41) is 0. The first-order chi connectivity index (χ1) is 7.78. The number of rotatable bonds is 6. The number of nitrogens with zero attached hydrogens (tertiary/aromatic N) is 2. The summed E-state index contributed by atoms with van der Waals surface area (Å²) in [5.74, 6) is 0. The standard InChI is InChI=1S/C13H24N2O2/c1-12(2,9-16)7-14-5-6-15(11-14)8-13(3,4)10-17/h9-10H,5-8,11H2,1-4H3. The van der Waals surface area contributed by atoms with Crippen molar-refractivity contribution in [1.29, 1.82) is 0 Å². The van der Waals surface area contributed by atoms with Crippen molar-refractivity contribution in [1.82, 2.24) is 9.80 Å². The average Bonchev–Trinajstić information content (AvgIpc) is 2.64. The van der Waals surface area contributed by atoms with Crippen LogP contribution in [-0.4, -0.2) is 55.2 Å². The van der Waals surface area contributed by atoms with Gasteiger partial charge in [-0.1, -0.05) is 27.7 Å². The van der Waals surface area contributed by atoms with Crippen molar-refractivity contribution in [3.63, 3.8) is 0 Å². The van der Waals surface area contributed by atoms with Crippen molar-refractivity contribution in [2.75, 3.05) is 32.8 Å². The first-order valence-corrected chi connectivity index (χ1v) is 6.15. The highest BCUT2D eigenvalue weighted by atomic mass is 16.1. The monoisotopic (exact) mass is 240 g/mol. The number of aldehydes is 2. The van der Waals surface area contributed by atoms with Gasteiger partial charge in [0.25, 0.3) is 0 Å². The minimum Gasteiger partial charge on any atom is -0.303 e. The average molecular weight is 240 g/mol. The second-order valence-electron chi connectivity index (χ2n) is 6.46. The molecule has 1 heterocycles. The van der Waals surface area contributed by atoms with E-state index in [1.807, 2.05) is 27.7 Å². The van der Waals surface area contributed by atoms with Crippen LogP contribution in [0.3, 0.4) is 0 Å². The van der Waals surface area contributed by atoms with E-state index in [4.69, 9.17) is 0 Å². The minimum absolute atomic E-state index is 0.282. The Labute approximate surface area is 104 Å². The topological polar surface area (TPSA) is 40.6 Å². The van der Waals surface area contributed by atoms with Crippen LogP contribution in [0.25, 0.3) is 0 Å². The predicted molar refractivity (Wildman–Crippen MR) is 67.7 cm³/mol. The number of carbonyl (C=O) groups is 2. The highest BCUT2D eigenvalue weighted by Gasteiger charge is 2.29. The molecule has 0 amide bonds. The molecule has 0 aromatic heterocycles. The van der Waals surface area contributed by atoms with Gasteiger partial charge < -0.3 is 9.59 Å². The molecule has 0 aromatic rings. The summed E-state index contributed by atoms with van der Waals surface area (Å²) in [6.07, 6.45) is 2.04. The summed E-state index contributed by atoms with van der Waals surface area (Å²) in [7, 11) is 0. The van der Waals surface area contributed by atoms with Crippen LogP contribution < -0.4 is 0 Å². The van der Waals surface area contributed by atoms with Gasteiger partial charge in [-0.15, -0.1) is 0 Å². The summed E-state index contributed by atoms with van der Waals surface area (Å²) in [5.41, 5.74) is -0.563. The van der Waals surface area contributed by atoms with E-state index >= 15 is 0 Å². The van der Waals surface area contributed by atoms with Gasteiger partial charge in [0.2, 0.25) is 0 Å². The molecule has 0 aliphatic carbocycles. The quantitative estimate of drug-likeness (QED) is 0.650. The van der Waals surface area contributed by atoms with Gasteiger partial charge in [-0.2, -0.15) is 0 Å². The first kappa shape index (κ1) is 14.3. The number of carbonyl (C=O) groups excluding carboxylic acids is 2. The third-order valence-electron chi connectivity index (χ3n) is 3.03. The van der Waals surface area contributed by atoms with Gasteiger partial charge in [-0.3, -0.25) is 9.80 Å². The van der Waals surface area contributed by atoms with E-state index in [9.17, 15) is 9.59 Å². The summed E-state index contributed by atoms with van der Waals surface area (Å²) in [6.45, 7) is 12.2. The van der Waals surface area contributed by atoms with E-state index in [0.29, 0.717) is 0 Å². The van der Waals surface area contributed by atoms with Gasteiger partial charge in [0.05, 0.1) is 6.67 Å². The molecule has 1 fully saturated rings. The van der Waals surface area contributed by atoms with Crippen molar-refractivity contribution in [3.05, 3.63) is 0 Å². The Kier molecular flexibility index (Phi) is 4.44. The van der Waals surface area contributed by atoms with Crippen LogP contribution in [0.15, 0.2) is 0 Å². The lowest BCUT2D eigenvalue weighted by molar-refractivity contribution is -0.115. The second-order valence-corrected chi connectivity index (χ2v) is 6.46. The lowest BCUT2D eigenvalue weighted by Crippen LogP contribution is -2.37. The molecule has 1 saturated heterocycles. The smallest absolute Gasteiger partial charge is 0.126 e. The van der Waals surface area contributed by atoms with Gasteiger partial charge in [0.15, 0.2) is 0 Å². The van der Waals surface area contributed by atoms with Gasteiger partial charge in [0.1, 0.15) is 12.6 Å². The third-order valence-corrected chi connectivity index (χ3v) is 3.03. The molecule has 0 unspecified atom stereocenters. The predicted octanol–water partition coefficient (Wildman–Crippen LogP) is 1.01. The first-order valence-electron chi connectivity index (χ1n) is 6.15.